The lowest BCUT2D eigenvalue weighted by Crippen LogP contribution is -2.45. The Bertz CT molecular complexity index is 1350. The van der Waals surface area contributed by atoms with Crippen molar-refractivity contribution in [2.75, 3.05) is 26.3 Å². The van der Waals surface area contributed by atoms with Crippen LogP contribution in [-0.2, 0) is 28.7 Å². The highest BCUT2D eigenvalue weighted by atomic mass is 16.6. The number of aromatic amines is 1. The van der Waals surface area contributed by atoms with Crippen molar-refractivity contribution < 1.29 is 42.6 Å². The Morgan fingerprint density at radius 1 is 0.818 bits per heavy atom. The van der Waals surface area contributed by atoms with E-state index in [0.29, 0.717) is 44.3 Å². The minimum atomic E-state index is -0.774. The van der Waals surface area contributed by atoms with Crippen LogP contribution in [0.15, 0.2) is 27.5 Å². The van der Waals surface area contributed by atoms with Crippen molar-refractivity contribution >= 4 is 23.8 Å². The number of carbonyl (C=O) groups is 4. The Morgan fingerprint density at radius 3 is 1.66 bits per heavy atom. The molecule has 240 valence electrons. The van der Waals surface area contributed by atoms with Gasteiger partial charge in [-0.1, -0.05) is 5.16 Å². The first kappa shape index (κ1) is 32.6. The van der Waals surface area contributed by atoms with E-state index in [4.69, 9.17) is 18.9 Å². The molecule has 4 rings (SSSR count). The molecule has 14 heteroatoms. The predicted octanol–water partition coefficient (Wildman–Crippen LogP) is 2.45. The van der Waals surface area contributed by atoms with Gasteiger partial charge in [-0.3, -0.25) is 19.1 Å². The van der Waals surface area contributed by atoms with Gasteiger partial charge in [0.2, 0.25) is 0 Å². The molecule has 0 saturated carbocycles. The second kappa shape index (κ2) is 13.1. The van der Waals surface area contributed by atoms with Gasteiger partial charge >= 0.3 is 17.7 Å². The van der Waals surface area contributed by atoms with E-state index in [2.05, 4.69) is 14.7 Å². The molecule has 2 aliphatic heterocycles. The molecule has 2 saturated heterocycles. The second-order valence-electron chi connectivity index (χ2n) is 12.8. The Morgan fingerprint density at radius 2 is 1.27 bits per heavy atom. The Hall–Kier alpha value is -4.36. The van der Waals surface area contributed by atoms with Crippen molar-refractivity contribution in [1.29, 1.82) is 0 Å². The number of nitrogens with zero attached hydrogens (tertiary/aromatic N) is 3. The first-order chi connectivity index (χ1) is 20.6. The topological polar surface area (TPSA) is 171 Å². The van der Waals surface area contributed by atoms with Crippen molar-refractivity contribution in [3.8, 4) is 22.9 Å². The molecule has 0 bridgehead atoms. The van der Waals surface area contributed by atoms with Gasteiger partial charge in [0.05, 0.1) is 0 Å². The monoisotopic (exact) mass is 616 g/mol. The summed E-state index contributed by atoms with van der Waals surface area (Å²) in [6.45, 7) is 10.6. The third-order valence-electron chi connectivity index (χ3n) is 6.82. The fraction of sp³-hybridized carbons (Fsp3) is 0.600. The van der Waals surface area contributed by atoms with Crippen LogP contribution in [0.1, 0.15) is 67.2 Å². The van der Waals surface area contributed by atoms with E-state index in [1.54, 1.807) is 41.5 Å². The van der Waals surface area contributed by atoms with Gasteiger partial charge in [0.1, 0.15) is 34.8 Å². The summed E-state index contributed by atoms with van der Waals surface area (Å²) in [6, 6.07) is 3.12. The third-order valence-corrected chi connectivity index (χ3v) is 6.82. The summed E-state index contributed by atoms with van der Waals surface area (Å²) in [5.74, 6) is -2.07. The summed E-state index contributed by atoms with van der Waals surface area (Å²) in [7, 11) is 0. The van der Waals surface area contributed by atoms with Crippen molar-refractivity contribution in [1.82, 2.24) is 19.9 Å². The van der Waals surface area contributed by atoms with Gasteiger partial charge in [0.15, 0.2) is 19.0 Å². The number of aromatic nitrogens is 2. The minimum Gasteiger partial charge on any atom is -0.484 e. The molecule has 0 aliphatic carbocycles. The minimum absolute atomic E-state index is 0.0806. The van der Waals surface area contributed by atoms with Crippen molar-refractivity contribution in [3.05, 3.63) is 28.7 Å². The van der Waals surface area contributed by atoms with Crippen LogP contribution in [0, 0.1) is 0 Å². The highest BCUT2D eigenvalue weighted by molar-refractivity contribution is 5.87. The smallest absolute Gasteiger partial charge is 0.439 e. The molecule has 44 heavy (non-hydrogen) atoms. The molecule has 2 amide bonds. The summed E-state index contributed by atoms with van der Waals surface area (Å²) in [6.07, 6.45) is 2.30. The van der Waals surface area contributed by atoms with Crippen LogP contribution in [-0.4, -0.2) is 93.3 Å². The third kappa shape index (κ3) is 8.60. The molecule has 14 nitrogen and oxygen atoms in total. The predicted molar refractivity (Wildman–Crippen MR) is 155 cm³/mol. The summed E-state index contributed by atoms with van der Waals surface area (Å²) in [5.41, 5.74) is -1.03. The lowest BCUT2D eigenvalue weighted by atomic mass is 10.1. The summed E-state index contributed by atoms with van der Waals surface area (Å²) in [4.78, 5) is 68.4. The van der Waals surface area contributed by atoms with Crippen LogP contribution < -0.4 is 15.2 Å². The van der Waals surface area contributed by atoms with Crippen LogP contribution in [0.25, 0.3) is 11.4 Å². The molecule has 2 aliphatic rings. The van der Waals surface area contributed by atoms with Gasteiger partial charge in [-0.2, -0.15) is 0 Å². The molecule has 0 unspecified atom stereocenters. The lowest BCUT2D eigenvalue weighted by molar-refractivity contribution is -0.164. The molecule has 2 fully saturated rings. The van der Waals surface area contributed by atoms with Gasteiger partial charge in [0, 0.05) is 24.7 Å². The largest absolute Gasteiger partial charge is 0.484 e. The zero-order valence-corrected chi connectivity index (χ0v) is 26.0. The maximum Gasteiger partial charge on any atom is 0.439 e. The highest BCUT2D eigenvalue weighted by Crippen LogP contribution is 2.29. The summed E-state index contributed by atoms with van der Waals surface area (Å²) < 4.78 is 27.2. The maximum atomic E-state index is 13.1. The number of amides is 2. The van der Waals surface area contributed by atoms with Gasteiger partial charge in [-0.05, 0) is 79.4 Å². The van der Waals surface area contributed by atoms with Gasteiger partial charge in [0.25, 0.3) is 11.8 Å². The average Bonchev–Trinajstić information content (AvgIpc) is 3.69. The first-order valence-corrected chi connectivity index (χ1v) is 14.6. The number of ether oxygens (including phenoxy) is 4. The van der Waals surface area contributed by atoms with E-state index in [1.807, 2.05) is 0 Å². The average molecular weight is 617 g/mol. The van der Waals surface area contributed by atoms with Gasteiger partial charge in [-0.25, -0.2) is 14.4 Å². The van der Waals surface area contributed by atoms with Crippen LogP contribution in [0.4, 0.5) is 0 Å². The van der Waals surface area contributed by atoms with Crippen molar-refractivity contribution in [3.63, 3.8) is 0 Å². The van der Waals surface area contributed by atoms with Crippen LogP contribution >= 0.6 is 0 Å². The van der Waals surface area contributed by atoms with Crippen LogP contribution in [0.5, 0.6) is 11.5 Å². The lowest BCUT2D eigenvalue weighted by Gasteiger charge is -2.27. The molecule has 2 atom stereocenters. The highest BCUT2D eigenvalue weighted by Gasteiger charge is 2.38. The second-order valence-corrected chi connectivity index (χ2v) is 12.8. The molecule has 1 N–H and O–H groups in total. The van der Waals surface area contributed by atoms with E-state index < -0.39 is 52.8 Å². The van der Waals surface area contributed by atoms with Gasteiger partial charge in [-0.15, -0.1) is 0 Å². The van der Waals surface area contributed by atoms with Gasteiger partial charge < -0.3 is 28.7 Å². The molecule has 0 radical (unpaired) electrons. The van der Waals surface area contributed by atoms with Crippen molar-refractivity contribution in [2.24, 2.45) is 0 Å². The fourth-order valence-electron chi connectivity index (χ4n) is 5.05. The number of nitrogens with one attached hydrogen (secondary N) is 1. The number of benzene rings is 1. The number of H-pyrrole nitrogens is 1. The van der Waals surface area contributed by atoms with Crippen molar-refractivity contribution in [2.45, 2.75) is 90.5 Å². The Labute approximate surface area is 254 Å². The number of likely N-dealkylation sites (tertiary alicyclic amines) is 2. The maximum absolute atomic E-state index is 13.1. The number of hydrogen-bond acceptors (Lipinski definition) is 11. The quantitative estimate of drug-likeness (QED) is 0.411. The molecule has 3 heterocycles. The zero-order chi connectivity index (χ0) is 32.2. The molecule has 0 spiro atoms. The normalized spacial score (nSPS) is 18.7. The molecular weight excluding hydrogens is 576 g/mol. The molecule has 1 aromatic heterocycles. The van der Waals surface area contributed by atoms with E-state index in [0.717, 1.165) is 0 Å². The molecular formula is C30H40N4O10. The molecule has 1 aromatic carbocycles. The van der Waals surface area contributed by atoms with Crippen LogP contribution in [0.3, 0.4) is 0 Å². The molecule has 2 aromatic rings. The van der Waals surface area contributed by atoms with E-state index in [9.17, 15) is 24.0 Å². The summed E-state index contributed by atoms with van der Waals surface area (Å²) in [5, 5.41) is 3.69. The summed E-state index contributed by atoms with van der Waals surface area (Å²) >= 11 is 0. The van der Waals surface area contributed by atoms with Crippen LogP contribution in [0.2, 0.25) is 0 Å². The number of hydrogen-bond donors (Lipinski definition) is 1. The Balaban J connectivity index is 1.45. The number of rotatable bonds is 9. The SMILES string of the molecule is CC(C)(C)OC(=O)[C@H]1CCCN1C(=O)COc1cc(OCC(=O)N2CCC[C@@H]2C(=O)OC(C)(C)C)cc(-c2noc(=O)[nH]2)c1. The standard InChI is InChI=1S/C30H40N4O10/c1-29(2,3)42-26(37)21-9-7-11-33(21)23(35)16-40-19-13-18(25-31-28(39)44-32-25)14-20(15-19)41-17-24(36)34-12-8-10-22(34)27(38)43-30(4,5)6/h13-15,21-22H,7-12,16-17H2,1-6H3,(H,31,32,39)/t21-,22-/m1/s1. The Kier molecular flexibility index (Phi) is 9.69. The van der Waals surface area contributed by atoms with E-state index in [1.165, 1.54) is 28.0 Å². The first-order valence-electron chi connectivity index (χ1n) is 14.6. The van der Waals surface area contributed by atoms with E-state index >= 15 is 0 Å². The number of carbonyl (C=O) groups excluding carboxylic acids is 4. The fourth-order valence-corrected chi connectivity index (χ4v) is 5.05. The van der Waals surface area contributed by atoms with E-state index in [-0.39, 0.29) is 30.5 Å². The number of esters is 2. The zero-order valence-electron chi connectivity index (χ0n) is 26.0.